The van der Waals surface area contributed by atoms with E-state index in [2.05, 4.69) is 40.0 Å². The zero-order valence-corrected chi connectivity index (χ0v) is 12.3. The number of nitrogens with one attached hydrogen (secondary N) is 4. The lowest BCUT2D eigenvalue weighted by molar-refractivity contribution is -0.361. The van der Waals surface area contributed by atoms with Gasteiger partial charge in [0, 0.05) is 11.8 Å². The lowest BCUT2D eigenvalue weighted by atomic mass is 10.2. The summed E-state index contributed by atoms with van der Waals surface area (Å²) in [5, 5.41) is 10.2. The predicted molar refractivity (Wildman–Crippen MR) is 86.9 cm³/mol. The number of aryl methyl sites for hydroxylation is 1. The Morgan fingerprint density at radius 2 is 2.05 bits per heavy atom. The van der Waals surface area contributed by atoms with Gasteiger partial charge in [-0.2, -0.15) is 0 Å². The Balaban J connectivity index is 1.68. The van der Waals surface area contributed by atoms with Crippen molar-refractivity contribution in [2.45, 2.75) is 6.92 Å². The first-order valence-electron chi connectivity index (χ1n) is 6.56. The van der Waals surface area contributed by atoms with Gasteiger partial charge in [-0.25, -0.2) is 4.98 Å². The first-order valence-corrected chi connectivity index (χ1v) is 6.97. The van der Waals surface area contributed by atoms with Crippen molar-refractivity contribution in [3.8, 4) is 0 Å². The lowest BCUT2D eigenvalue weighted by Crippen LogP contribution is -2.33. The third-order valence-corrected chi connectivity index (χ3v) is 2.96. The summed E-state index contributed by atoms with van der Waals surface area (Å²) < 4.78 is 0. The van der Waals surface area contributed by atoms with Crippen molar-refractivity contribution in [1.82, 2.24) is 5.32 Å². The van der Waals surface area contributed by atoms with Gasteiger partial charge >= 0.3 is 0 Å². The highest BCUT2D eigenvalue weighted by Crippen LogP contribution is 2.08. The molecule has 0 spiro atoms. The molecule has 0 saturated heterocycles. The number of aromatic amines is 1. The van der Waals surface area contributed by atoms with Crippen molar-refractivity contribution >= 4 is 28.8 Å². The highest BCUT2D eigenvalue weighted by molar-refractivity contribution is 7.80. The predicted octanol–water partition coefficient (Wildman–Crippen LogP) is 2.21. The molecule has 0 saturated carbocycles. The molecule has 0 aliphatic rings. The second-order valence-corrected chi connectivity index (χ2v) is 4.86. The molecule has 0 fully saturated rings. The molecule has 0 radical (unpaired) electrons. The van der Waals surface area contributed by atoms with Crippen LogP contribution in [0.4, 0.5) is 11.5 Å². The molecule has 5 heteroatoms. The Hall–Kier alpha value is -2.14. The summed E-state index contributed by atoms with van der Waals surface area (Å²) in [5.74, 6) is 0.992. The minimum absolute atomic E-state index is 0.634. The molecular formula is C15H19N4S+. The summed E-state index contributed by atoms with van der Waals surface area (Å²) in [7, 11) is 0. The minimum atomic E-state index is 0.634. The van der Waals surface area contributed by atoms with E-state index in [0.29, 0.717) is 5.11 Å². The fourth-order valence-electron chi connectivity index (χ4n) is 1.77. The summed E-state index contributed by atoms with van der Waals surface area (Å²) in [4.78, 5) is 3.12. The monoisotopic (exact) mass is 287 g/mol. The van der Waals surface area contributed by atoms with E-state index >= 15 is 0 Å². The lowest BCUT2D eigenvalue weighted by Gasteiger charge is -2.10. The summed E-state index contributed by atoms with van der Waals surface area (Å²) in [6, 6.07) is 14.0. The number of hydrogen-bond donors (Lipinski definition) is 3. The van der Waals surface area contributed by atoms with E-state index in [4.69, 9.17) is 12.2 Å². The normalized spacial score (nSPS) is 9.85. The molecule has 0 aliphatic heterocycles. The molecule has 0 atom stereocenters. The number of aromatic nitrogens is 1. The topological polar surface area (TPSA) is 50.2 Å². The second-order valence-electron chi connectivity index (χ2n) is 4.45. The van der Waals surface area contributed by atoms with Crippen LogP contribution in [0.5, 0.6) is 0 Å². The van der Waals surface area contributed by atoms with E-state index in [1.165, 1.54) is 5.56 Å². The van der Waals surface area contributed by atoms with Crippen LogP contribution in [-0.2, 0) is 0 Å². The quantitative estimate of drug-likeness (QED) is 0.583. The summed E-state index contributed by atoms with van der Waals surface area (Å²) >= 11 is 5.25. The molecule has 0 amide bonds. The number of H-pyrrole nitrogens is 1. The molecule has 2 rings (SSSR count). The first kappa shape index (κ1) is 14.3. The first-order chi connectivity index (χ1) is 9.74. The van der Waals surface area contributed by atoms with Gasteiger partial charge in [-0.1, -0.05) is 18.2 Å². The highest BCUT2D eigenvalue weighted by Gasteiger charge is 2.00. The smallest absolute Gasteiger partial charge is 0.272 e. The molecule has 1 aromatic heterocycles. The van der Waals surface area contributed by atoms with Gasteiger partial charge in [-0.3, -0.25) is 5.32 Å². The van der Waals surface area contributed by atoms with Crippen LogP contribution in [0, 0.1) is 6.92 Å². The largest absolute Gasteiger partial charge is 0.359 e. The molecular weight excluding hydrogens is 268 g/mol. The molecule has 1 aromatic carbocycles. The van der Waals surface area contributed by atoms with Gasteiger partial charge in [0.2, 0.25) is 0 Å². The van der Waals surface area contributed by atoms with E-state index in [1.807, 2.05) is 36.5 Å². The average molecular weight is 287 g/mol. The molecule has 20 heavy (non-hydrogen) atoms. The van der Waals surface area contributed by atoms with Crippen LogP contribution in [0.3, 0.4) is 0 Å². The zero-order chi connectivity index (χ0) is 14.2. The standard InChI is InChI=1S/C15H18N4S/c1-12-5-4-6-13(11-12)19-15(20)18-10-9-17-14-7-2-3-8-16-14/h2-8,11H,9-10H2,1H3,(H,16,17)(H2,18,19,20)/p+1. The fourth-order valence-corrected chi connectivity index (χ4v) is 1.99. The van der Waals surface area contributed by atoms with Gasteiger partial charge in [0.1, 0.15) is 6.54 Å². The van der Waals surface area contributed by atoms with Gasteiger partial charge in [0.15, 0.2) is 5.11 Å². The Morgan fingerprint density at radius 3 is 2.80 bits per heavy atom. The number of benzene rings is 1. The maximum absolute atomic E-state index is 5.25. The minimum Gasteiger partial charge on any atom is -0.359 e. The van der Waals surface area contributed by atoms with Crippen molar-refractivity contribution in [3.05, 3.63) is 54.2 Å². The maximum Gasteiger partial charge on any atom is 0.272 e. The number of thiocarbonyl (C=S) groups is 1. The van der Waals surface area contributed by atoms with Gasteiger partial charge in [0.05, 0.1) is 12.7 Å². The van der Waals surface area contributed by atoms with Crippen LogP contribution in [-0.4, -0.2) is 18.2 Å². The van der Waals surface area contributed by atoms with Crippen LogP contribution >= 0.6 is 12.2 Å². The number of hydrogen-bond acceptors (Lipinski definition) is 2. The van der Waals surface area contributed by atoms with Crippen molar-refractivity contribution in [1.29, 1.82) is 0 Å². The molecule has 4 nitrogen and oxygen atoms in total. The van der Waals surface area contributed by atoms with Crippen LogP contribution in [0.15, 0.2) is 48.7 Å². The summed E-state index contributed by atoms with van der Waals surface area (Å²) in [5.41, 5.74) is 2.21. The number of anilines is 2. The van der Waals surface area contributed by atoms with Crippen LogP contribution in [0.1, 0.15) is 5.56 Å². The Kier molecular flexibility index (Phi) is 5.32. The number of pyridine rings is 1. The highest BCUT2D eigenvalue weighted by atomic mass is 32.1. The van der Waals surface area contributed by atoms with E-state index in [9.17, 15) is 0 Å². The van der Waals surface area contributed by atoms with Gasteiger partial charge < -0.3 is 10.6 Å². The van der Waals surface area contributed by atoms with Crippen molar-refractivity contribution in [3.63, 3.8) is 0 Å². The maximum atomic E-state index is 5.25. The SMILES string of the molecule is Cc1cccc(NC(=S)NCCNc2cccc[nH+]2)c1. The Labute approximate surface area is 124 Å². The summed E-state index contributed by atoms with van der Waals surface area (Å²) in [6.07, 6.45) is 1.89. The molecule has 1 heterocycles. The molecule has 0 unspecified atom stereocenters. The molecule has 104 valence electrons. The molecule has 2 aromatic rings. The van der Waals surface area contributed by atoms with Gasteiger partial charge in [0.25, 0.3) is 5.82 Å². The average Bonchev–Trinajstić information content (AvgIpc) is 2.45. The van der Waals surface area contributed by atoms with E-state index < -0.39 is 0 Å². The van der Waals surface area contributed by atoms with Crippen molar-refractivity contribution in [2.24, 2.45) is 0 Å². The van der Waals surface area contributed by atoms with Crippen molar-refractivity contribution in [2.75, 3.05) is 23.7 Å². The van der Waals surface area contributed by atoms with Gasteiger partial charge in [-0.05, 0) is 42.9 Å². The van der Waals surface area contributed by atoms with E-state index in [1.54, 1.807) is 0 Å². The zero-order valence-electron chi connectivity index (χ0n) is 11.4. The molecule has 0 aliphatic carbocycles. The van der Waals surface area contributed by atoms with Crippen molar-refractivity contribution < 1.29 is 4.98 Å². The van der Waals surface area contributed by atoms with E-state index in [0.717, 1.165) is 24.6 Å². The third-order valence-electron chi connectivity index (χ3n) is 2.71. The molecule has 4 N–H and O–H groups in total. The van der Waals surface area contributed by atoms with Crippen LogP contribution in [0.25, 0.3) is 0 Å². The Morgan fingerprint density at radius 1 is 1.15 bits per heavy atom. The number of rotatable bonds is 5. The van der Waals surface area contributed by atoms with Crippen LogP contribution < -0.4 is 20.9 Å². The second kappa shape index (κ2) is 7.45. The third kappa shape index (κ3) is 4.85. The van der Waals surface area contributed by atoms with E-state index in [-0.39, 0.29) is 0 Å². The fraction of sp³-hybridized carbons (Fsp3) is 0.200. The Bertz CT molecular complexity index is 557. The summed E-state index contributed by atoms with van der Waals surface area (Å²) in [6.45, 7) is 3.60. The van der Waals surface area contributed by atoms with Crippen LogP contribution in [0.2, 0.25) is 0 Å². The molecule has 0 bridgehead atoms. The van der Waals surface area contributed by atoms with Gasteiger partial charge in [-0.15, -0.1) is 0 Å².